The van der Waals surface area contributed by atoms with Gasteiger partial charge in [-0.3, -0.25) is 9.10 Å². The number of methoxy groups -OCH3 is 1. The van der Waals surface area contributed by atoms with Gasteiger partial charge in [0.15, 0.2) is 0 Å². The summed E-state index contributed by atoms with van der Waals surface area (Å²) in [6.07, 6.45) is 1.71. The number of hydrogen-bond acceptors (Lipinski definition) is 4. The predicted octanol–water partition coefficient (Wildman–Crippen LogP) is 3.98. The number of carbonyl (C=O) groups excluding carboxylic acids is 1. The van der Waals surface area contributed by atoms with Gasteiger partial charge in [-0.05, 0) is 48.7 Å². The fraction of sp³-hybridized carbons (Fsp3) is 0.350. The Labute approximate surface area is 171 Å². The largest absolute Gasteiger partial charge is 0.380 e. The summed E-state index contributed by atoms with van der Waals surface area (Å²) in [5.74, 6) is -0.176. The first-order valence-corrected chi connectivity index (χ1v) is 11.0. The van der Waals surface area contributed by atoms with Crippen LogP contribution in [0.3, 0.4) is 0 Å². The third-order valence-electron chi connectivity index (χ3n) is 4.13. The standard InChI is InChI=1S/C20H25ClN2O4S/c1-15-9-10-18(13-19(15)21)23(28(3,25)26)11-5-8-20(24)22-17-7-4-6-16(12-17)14-27-2/h4,6-7,9-10,12-13H,5,8,11,14H2,1-3H3,(H,22,24). The summed E-state index contributed by atoms with van der Waals surface area (Å²) in [4.78, 5) is 12.2. The third-order valence-corrected chi connectivity index (χ3v) is 5.73. The Kier molecular flexibility index (Phi) is 7.86. The van der Waals surface area contributed by atoms with E-state index in [1.54, 1.807) is 31.4 Å². The van der Waals surface area contributed by atoms with Crippen LogP contribution in [0.25, 0.3) is 0 Å². The molecule has 0 unspecified atom stereocenters. The molecule has 0 spiro atoms. The first-order chi connectivity index (χ1) is 13.2. The molecule has 0 heterocycles. The maximum atomic E-state index is 12.2. The molecule has 0 fully saturated rings. The second kappa shape index (κ2) is 9.91. The number of amides is 1. The number of hydrogen-bond donors (Lipinski definition) is 1. The average molecular weight is 425 g/mol. The van der Waals surface area contributed by atoms with Crippen LogP contribution < -0.4 is 9.62 Å². The minimum Gasteiger partial charge on any atom is -0.380 e. The van der Waals surface area contributed by atoms with E-state index in [0.717, 1.165) is 17.4 Å². The molecule has 2 aromatic rings. The highest BCUT2D eigenvalue weighted by atomic mass is 35.5. The Hall–Kier alpha value is -2.09. The topological polar surface area (TPSA) is 75.7 Å². The first kappa shape index (κ1) is 22.2. The van der Waals surface area contributed by atoms with Crippen molar-refractivity contribution in [1.82, 2.24) is 0 Å². The minimum absolute atomic E-state index is 0.176. The van der Waals surface area contributed by atoms with Crippen molar-refractivity contribution in [3.05, 3.63) is 58.6 Å². The van der Waals surface area contributed by atoms with Crippen LogP contribution in [-0.4, -0.2) is 34.2 Å². The number of nitrogens with one attached hydrogen (secondary N) is 1. The lowest BCUT2D eigenvalue weighted by Gasteiger charge is -2.23. The number of nitrogens with zero attached hydrogens (tertiary/aromatic N) is 1. The van der Waals surface area contributed by atoms with E-state index in [-0.39, 0.29) is 18.9 Å². The second-order valence-electron chi connectivity index (χ2n) is 6.55. The van der Waals surface area contributed by atoms with Crippen LogP contribution in [0, 0.1) is 6.92 Å². The quantitative estimate of drug-likeness (QED) is 0.660. The van der Waals surface area contributed by atoms with Crippen molar-refractivity contribution >= 4 is 38.9 Å². The van der Waals surface area contributed by atoms with Gasteiger partial charge < -0.3 is 10.1 Å². The van der Waals surface area contributed by atoms with Crippen LogP contribution in [0.15, 0.2) is 42.5 Å². The van der Waals surface area contributed by atoms with Crippen LogP contribution in [0.4, 0.5) is 11.4 Å². The molecule has 0 atom stereocenters. The Morgan fingerprint density at radius 2 is 1.96 bits per heavy atom. The van der Waals surface area contributed by atoms with Gasteiger partial charge in [0.05, 0.1) is 18.6 Å². The van der Waals surface area contributed by atoms with Crippen LogP contribution in [0.5, 0.6) is 0 Å². The predicted molar refractivity (Wildman–Crippen MR) is 113 cm³/mol. The van der Waals surface area contributed by atoms with Crippen molar-refractivity contribution in [2.24, 2.45) is 0 Å². The summed E-state index contributed by atoms with van der Waals surface area (Å²) in [6.45, 7) is 2.50. The van der Waals surface area contributed by atoms with Crippen LogP contribution >= 0.6 is 11.6 Å². The summed E-state index contributed by atoms with van der Waals surface area (Å²) in [7, 11) is -1.88. The van der Waals surface area contributed by atoms with Crippen LogP contribution in [-0.2, 0) is 26.2 Å². The normalized spacial score (nSPS) is 11.3. The summed E-state index contributed by atoms with van der Waals surface area (Å²) < 4.78 is 30.7. The Balaban J connectivity index is 1.97. The molecule has 8 heteroatoms. The molecule has 0 aliphatic heterocycles. The molecule has 2 aromatic carbocycles. The monoisotopic (exact) mass is 424 g/mol. The maximum absolute atomic E-state index is 12.2. The van der Waals surface area contributed by atoms with Gasteiger partial charge in [0.25, 0.3) is 0 Å². The molecule has 0 aliphatic rings. The number of halogens is 1. The van der Waals surface area contributed by atoms with Crippen molar-refractivity contribution in [3.8, 4) is 0 Å². The molecular formula is C20H25ClN2O4S. The number of benzene rings is 2. The molecule has 0 aromatic heterocycles. The molecule has 1 amide bonds. The van der Waals surface area contributed by atoms with E-state index in [1.165, 1.54) is 4.31 Å². The molecule has 0 saturated carbocycles. The Morgan fingerprint density at radius 1 is 1.21 bits per heavy atom. The summed E-state index contributed by atoms with van der Waals surface area (Å²) >= 11 is 6.12. The van der Waals surface area contributed by atoms with Crippen molar-refractivity contribution in [2.75, 3.05) is 29.5 Å². The fourth-order valence-electron chi connectivity index (χ4n) is 2.74. The molecule has 152 valence electrons. The molecule has 6 nitrogen and oxygen atoms in total. The molecule has 0 radical (unpaired) electrons. The number of ether oxygens (including phenoxy) is 1. The number of carbonyl (C=O) groups is 1. The molecular weight excluding hydrogens is 400 g/mol. The molecule has 2 rings (SSSR count). The van der Waals surface area contributed by atoms with E-state index in [2.05, 4.69) is 5.32 Å². The zero-order valence-electron chi connectivity index (χ0n) is 16.2. The molecule has 0 saturated heterocycles. The number of rotatable bonds is 9. The third kappa shape index (κ3) is 6.51. The van der Waals surface area contributed by atoms with Gasteiger partial charge in [-0.1, -0.05) is 29.8 Å². The smallest absolute Gasteiger partial charge is 0.232 e. The van der Waals surface area contributed by atoms with Crippen molar-refractivity contribution < 1.29 is 17.9 Å². The second-order valence-corrected chi connectivity index (χ2v) is 8.87. The van der Waals surface area contributed by atoms with E-state index in [1.807, 2.05) is 25.1 Å². The van der Waals surface area contributed by atoms with E-state index in [0.29, 0.717) is 29.4 Å². The van der Waals surface area contributed by atoms with Gasteiger partial charge in [-0.15, -0.1) is 0 Å². The highest BCUT2D eigenvalue weighted by molar-refractivity contribution is 7.92. The first-order valence-electron chi connectivity index (χ1n) is 8.82. The van der Waals surface area contributed by atoms with E-state index in [9.17, 15) is 13.2 Å². The number of anilines is 2. The average Bonchev–Trinajstić information content (AvgIpc) is 2.61. The van der Waals surface area contributed by atoms with E-state index < -0.39 is 10.0 Å². The lowest BCUT2D eigenvalue weighted by atomic mass is 10.2. The Bertz CT molecular complexity index is 932. The summed E-state index contributed by atoms with van der Waals surface area (Å²) in [5, 5.41) is 3.33. The van der Waals surface area contributed by atoms with Crippen LogP contribution in [0.2, 0.25) is 5.02 Å². The molecule has 0 bridgehead atoms. The summed E-state index contributed by atoms with van der Waals surface area (Å²) in [6, 6.07) is 12.5. The van der Waals surface area contributed by atoms with E-state index in [4.69, 9.17) is 16.3 Å². The lowest BCUT2D eigenvalue weighted by molar-refractivity contribution is -0.116. The zero-order valence-corrected chi connectivity index (χ0v) is 17.8. The van der Waals surface area contributed by atoms with Crippen LogP contribution in [0.1, 0.15) is 24.0 Å². The van der Waals surface area contributed by atoms with E-state index >= 15 is 0 Å². The van der Waals surface area contributed by atoms with Gasteiger partial charge in [0.2, 0.25) is 15.9 Å². The van der Waals surface area contributed by atoms with Gasteiger partial charge in [0, 0.05) is 30.8 Å². The summed E-state index contributed by atoms with van der Waals surface area (Å²) in [5.41, 5.74) is 3.00. The van der Waals surface area contributed by atoms with Crippen molar-refractivity contribution in [1.29, 1.82) is 0 Å². The maximum Gasteiger partial charge on any atom is 0.232 e. The molecule has 28 heavy (non-hydrogen) atoms. The highest BCUT2D eigenvalue weighted by Gasteiger charge is 2.18. The number of sulfonamides is 1. The van der Waals surface area contributed by atoms with Gasteiger partial charge in [-0.25, -0.2) is 8.42 Å². The SMILES string of the molecule is COCc1cccc(NC(=O)CCCN(c2ccc(C)c(Cl)c2)S(C)(=O)=O)c1. The van der Waals surface area contributed by atoms with Gasteiger partial charge in [-0.2, -0.15) is 0 Å². The van der Waals surface area contributed by atoms with Gasteiger partial charge in [0.1, 0.15) is 0 Å². The minimum atomic E-state index is -3.49. The lowest BCUT2D eigenvalue weighted by Crippen LogP contribution is -2.31. The van der Waals surface area contributed by atoms with Gasteiger partial charge >= 0.3 is 0 Å². The highest BCUT2D eigenvalue weighted by Crippen LogP contribution is 2.25. The molecule has 0 aliphatic carbocycles. The Morgan fingerprint density at radius 3 is 2.61 bits per heavy atom. The van der Waals surface area contributed by atoms with Crippen molar-refractivity contribution in [2.45, 2.75) is 26.4 Å². The molecule has 1 N–H and O–H groups in total. The zero-order chi connectivity index (χ0) is 20.7. The van der Waals surface area contributed by atoms with Crippen molar-refractivity contribution in [3.63, 3.8) is 0 Å². The number of aryl methyl sites for hydroxylation is 1. The fourth-order valence-corrected chi connectivity index (χ4v) is 3.87.